The van der Waals surface area contributed by atoms with Gasteiger partial charge in [-0.1, -0.05) is 35.3 Å². The third-order valence-electron chi connectivity index (χ3n) is 4.02. The van der Waals surface area contributed by atoms with Crippen molar-refractivity contribution >= 4 is 35.1 Å². The maximum atomic E-state index is 12.0. The zero-order chi connectivity index (χ0) is 21.2. The largest absolute Gasteiger partial charge is 0.387 e. The van der Waals surface area contributed by atoms with E-state index in [1.165, 1.54) is 0 Å². The molecule has 0 aliphatic carbocycles. The predicted molar refractivity (Wildman–Crippen MR) is 119 cm³/mol. The van der Waals surface area contributed by atoms with Crippen molar-refractivity contribution in [2.75, 3.05) is 19.6 Å². The van der Waals surface area contributed by atoms with Gasteiger partial charge >= 0.3 is 0 Å². The number of benzene rings is 2. The van der Waals surface area contributed by atoms with Crippen molar-refractivity contribution in [3.63, 3.8) is 0 Å². The van der Waals surface area contributed by atoms with Gasteiger partial charge in [0.15, 0.2) is 5.96 Å². The van der Waals surface area contributed by atoms with E-state index in [1.807, 2.05) is 32.0 Å². The lowest BCUT2D eigenvalue weighted by molar-refractivity contribution is 0.0955. The Hall–Kier alpha value is -2.28. The first-order chi connectivity index (χ1) is 13.9. The Balaban J connectivity index is 2.02. The Morgan fingerprint density at radius 3 is 2.38 bits per heavy atom. The molecule has 0 spiro atoms. The van der Waals surface area contributed by atoms with E-state index in [4.69, 9.17) is 23.2 Å². The SMILES string of the molecule is CCNC(=O)c1cccc(CN=C(NCC)NCC(O)c2cc(Cl)cc(Cl)c2)c1. The molecule has 1 unspecified atom stereocenters. The lowest BCUT2D eigenvalue weighted by Gasteiger charge is -2.16. The molecule has 0 radical (unpaired) electrons. The quantitative estimate of drug-likeness (QED) is 0.376. The molecule has 1 atom stereocenters. The van der Waals surface area contributed by atoms with Gasteiger partial charge in [0.2, 0.25) is 0 Å². The number of aliphatic hydroxyl groups is 1. The van der Waals surface area contributed by atoms with Crippen LogP contribution in [0, 0.1) is 0 Å². The van der Waals surface area contributed by atoms with E-state index >= 15 is 0 Å². The van der Waals surface area contributed by atoms with E-state index in [2.05, 4.69) is 20.9 Å². The number of guanidine groups is 1. The van der Waals surface area contributed by atoms with Crippen molar-refractivity contribution in [2.24, 2.45) is 4.99 Å². The molecule has 6 nitrogen and oxygen atoms in total. The van der Waals surface area contributed by atoms with Crippen molar-refractivity contribution in [2.45, 2.75) is 26.5 Å². The number of amides is 1. The summed E-state index contributed by atoms with van der Waals surface area (Å²) in [5.74, 6) is 0.453. The van der Waals surface area contributed by atoms with Crippen LogP contribution in [0.5, 0.6) is 0 Å². The van der Waals surface area contributed by atoms with Crippen LogP contribution in [-0.4, -0.2) is 36.6 Å². The number of aliphatic imine (C=N–C) groups is 1. The van der Waals surface area contributed by atoms with Crippen LogP contribution in [0.3, 0.4) is 0 Å². The van der Waals surface area contributed by atoms with Crippen LogP contribution in [0.15, 0.2) is 47.5 Å². The van der Waals surface area contributed by atoms with Crippen LogP contribution in [-0.2, 0) is 6.54 Å². The zero-order valence-corrected chi connectivity index (χ0v) is 18.0. The van der Waals surface area contributed by atoms with Crippen LogP contribution < -0.4 is 16.0 Å². The van der Waals surface area contributed by atoms with Gasteiger partial charge in [-0.25, -0.2) is 4.99 Å². The molecule has 2 aromatic rings. The van der Waals surface area contributed by atoms with E-state index in [0.29, 0.717) is 46.8 Å². The van der Waals surface area contributed by atoms with Crippen molar-refractivity contribution in [3.05, 3.63) is 69.2 Å². The van der Waals surface area contributed by atoms with E-state index in [1.54, 1.807) is 24.3 Å². The number of aliphatic hydroxyl groups excluding tert-OH is 1. The van der Waals surface area contributed by atoms with Crippen LogP contribution in [0.25, 0.3) is 0 Å². The minimum absolute atomic E-state index is 0.105. The Bertz CT molecular complexity index is 838. The van der Waals surface area contributed by atoms with Gasteiger partial charge in [-0.05, 0) is 55.3 Å². The highest BCUT2D eigenvalue weighted by molar-refractivity contribution is 6.34. The third-order valence-corrected chi connectivity index (χ3v) is 4.46. The first-order valence-electron chi connectivity index (χ1n) is 9.46. The molecule has 0 saturated heterocycles. The second-order valence-electron chi connectivity index (χ2n) is 6.35. The Morgan fingerprint density at radius 1 is 1.03 bits per heavy atom. The summed E-state index contributed by atoms with van der Waals surface area (Å²) in [4.78, 5) is 16.5. The van der Waals surface area contributed by atoms with E-state index < -0.39 is 6.10 Å². The Kier molecular flexibility index (Phi) is 9.25. The maximum Gasteiger partial charge on any atom is 0.251 e. The molecule has 2 aromatic carbocycles. The minimum atomic E-state index is -0.795. The number of nitrogens with zero attached hydrogens (tertiary/aromatic N) is 1. The van der Waals surface area contributed by atoms with Crippen molar-refractivity contribution in [1.82, 2.24) is 16.0 Å². The number of halogens is 2. The number of hydrogen-bond acceptors (Lipinski definition) is 3. The molecule has 0 heterocycles. The molecule has 0 fully saturated rings. The Labute approximate surface area is 181 Å². The second-order valence-corrected chi connectivity index (χ2v) is 7.23. The minimum Gasteiger partial charge on any atom is -0.387 e. The summed E-state index contributed by atoms with van der Waals surface area (Å²) in [6.45, 7) is 5.72. The van der Waals surface area contributed by atoms with E-state index in [9.17, 15) is 9.90 Å². The first-order valence-corrected chi connectivity index (χ1v) is 10.2. The molecule has 156 valence electrons. The van der Waals surface area contributed by atoms with Crippen LogP contribution in [0.1, 0.15) is 41.4 Å². The lowest BCUT2D eigenvalue weighted by Crippen LogP contribution is -2.39. The summed E-state index contributed by atoms with van der Waals surface area (Å²) in [7, 11) is 0. The fraction of sp³-hybridized carbons (Fsp3) is 0.333. The normalized spacial score (nSPS) is 12.4. The number of nitrogens with one attached hydrogen (secondary N) is 3. The van der Waals surface area contributed by atoms with Crippen LogP contribution in [0.2, 0.25) is 10.0 Å². The molecule has 2 rings (SSSR count). The summed E-state index contributed by atoms with van der Waals surface area (Å²) < 4.78 is 0. The molecule has 0 aliphatic rings. The molecule has 0 bridgehead atoms. The number of carbonyl (C=O) groups excluding carboxylic acids is 1. The van der Waals surface area contributed by atoms with Crippen molar-refractivity contribution in [1.29, 1.82) is 0 Å². The molecule has 0 aromatic heterocycles. The molecule has 0 saturated carbocycles. The molecule has 1 amide bonds. The van der Waals surface area contributed by atoms with Crippen molar-refractivity contribution < 1.29 is 9.90 Å². The standard InChI is InChI=1S/C21H26Cl2N4O2/c1-3-24-20(29)15-7-5-6-14(8-15)12-26-21(25-4-2)27-13-19(28)16-9-17(22)11-18(23)10-16/h5-11,19,28H,3-4,12-13H2,1-2H3,(H,24,29)(H2,25,26,27). The van der Waals surface area contributed by atoms with E-state index in [-0.39, 0.29) is 12.5 Å². The van der Waals surface area contributed by atoms with Gasteiger partial charge in [0, 0.05) is 35.2 Å². The third kappa shape index (κ3) is 7.57. The van der Waals surface area contributed by atoms with E-state index in [0.717, 1.165) is 5.56 Å². The molecular weight excluding hydrogens is 411 g/mol. The van der Waals surface area contributed by atoms with Gasteiger partial charge in [-0.2, -0.15) is 0 Å². The smallest absolute Gasteiger partial charge is 0.251 e. The highest BCUT2D eigenvalue weighted by atomic mass is 35.5. The average molecular weight is 437 g/mol. The summed E-state index contributed by atoms with van der Waals surface area (Å²) in [6, 6.07) is 12.3. The lowest BCUT2D eigenvalue weighted by atomic mass is 10.1. The zero-order valence-electron chi connectivity index (χ0n) is 16.5. The number of hydrogen-bond donors (Lipinski definition) is 4. The summed E-state index contributed by atoms with van der Waals surface area (Å²) in [6.07, 6.45) is -0.795. The van der Waals surface area contributed by atoms with Gasteiger partial charge in [-0.3, -0.25) is 4.79 Å². The molecule has 29 heavy (non-hydrogen) atoms. The maximum absolute atomic E-state index is 12.0. The van der Waals surface area contributed by atoms with Gasteiger partial charge in [0.1, 0.15) is 0 Å². The van der Waals surface area contributed by atoms with Gasteiger partial charge < -0.3 is 21.1 Å². The monoisotopic (exact) mass is 436 g/mol. The fourth-order valence-electron chi connectivity index (χ4n) is 2.66. The number of carbonyl (C=O) groups is 1. The van der Waals surface area contributed by atoms with Gasteiger partial charge in [0.05, 0.1) is 12.6 Å². The predicted octanol–water partition coefficient (Wildman–Crippen LogP) is 3.53. The fourth-order valence-corrected chi connectivity index (χ4v) is 3.21. The first kappa shape index (κ1) is 23.0. The second kappa shape index (κ2) is 11.7. The van der Waals surface area contributed by atoms with Crippen LogP contribution >= 0.6 is 23.2 Å². The van der Waals surface area contributed by atoms with Gasteiger partial charge in [-0.15, -0.1) is 0 Å². The molecule has 0 aliphatic heterocycles. The number of rotatable bonds is 8. The highest BCUT2D eigenvalue weighted by Gasteiger charge is 2.11. The molecule has 4 N–H and O–H groups in total. The summed E-state index contributed by atoms with van der Waals surface area (Å²) in [5.41, 5.74) is 2.14. The van der Waals surface area contributed by atoms with Crippen molar-refractivity contribution in [3.8, 4) is 0 Å². The molecule has 8 heteroatoms. The van der Waals surface area contributed by atoms with Gasteiger partial charge in [0.25, 0.3) is 5.91 Å². The molecular formula is C21H26Cl2N4O2. The summed E-state index contributed by atoms with van der Waals surface area (Å²) >= 11 is 12.0. The topological polar surface area (TPSA) is 85.8 Å². The average Bonchev–Trinajstić information content (AvgIpc) is 2.69. The van der Waals surface area contributed by atoms with Crippen LogP contribution in [0.4, 0.5) is 0 Å². The Morgan fingerprint density at radius 2 is 1.72 bits per heavy atom. The summed E-state index contributed by atoms with van der Waals surface area (Å²) in [5, 5.41) is 20.4. The highest BCUT2D eigenvalue weighted by Crippen LogP contribution is 2.23.